The largest absolute Gasteiger partial charge is 0.507 e. The number of rotatable bonds is 4. The number of nitrogens with zero attached hydrogens (tertiary/aromatic N) is 3. The van der Waals surface area contributed by atoms with Crippen molar-refractivity contribution in [1.82, 2.24) is 9.97 Å². The lowest BCUT2D eigenvalue weighted by Gasteiger charge is -2.23. The number of benzene rings is 2. The van der Waals surface area contributed by atoms with E-state index in [1.54, 1.807) is 0 Å². The molecule has 5 rings (SSSR count). The first-order chi connectivity index (χ1) is 14.4. The molecule has 2 fully saturated rings. The van der Waals surface area contributed by atoms with E-state index in [0.717, 1.165) is 36.8 Å². The molecule has 2 heterocycles. The molecule has 1 aliphatic heterocycles. The summed E-state index contributed by atoms with van der Waals surface area (Å²) in [7, 11) is 0. The SMILES string of the molecule is Cc1ccc2c(N3CC[C@H](C4(C(N)=O)CC4)C3)nc(-c3c(O)cccc3F)nc2c1. The number of anilines is 1. The minimum Gasteiger partial charge on any atom is -0.507 e. The van der Waals surface area contributed by atoms with E-state index in [-0.39, 0.29) is 34.4 Å². The van der Waals surface area contributed by atoms with E-state index in [1.807, 2.05) is 25.1 Å². The highest BCUT2D eigenvalue weighted by molar-refractivity contribution is 5.92. The minimum absolute atomic E-state index is 0.00583. The highest BCUT2D eigenvalue weighted by atomic mass is 19.1. The summed E-state index contributed by atoms with van der Waals surface area (Å²) >= 11 is 0. The van der Waals surface area contributed by atoms with Gasteiger partial charge in [0.25, 0.3) is 0 Å². The van der Waals surface area contributed by atoms with Gasteiger partial charge in [-0.3, -0.25) is 4.79 Å². The Morgan fingerprint density at radius 2 is 2.07 bits per heavy atom. The van der Waals surface area contributed by atoms with Crippen LogP contribution >= 0.6 is 0 Å². The van der Waals surface area contributed by atoms with Gasteiger partial charge < -0.3 is 15.7 Å². The third-order valence-electron chi connectivity index (χ3n) is 6.60. The van der Waals surface area contributed by atoms with E-state index >= 15 is 0 Å². The summed E-state index contributed by atoms with van der Waals surface area (Å²) in [6.45, 7) is 3.38. The number of amides is 1. The Bertz CT molecular complexity index is 1160. The highest BCUT2D eigenvalue weighted by Gasteiger charge is 2.55. The lowest BCUT2D eigenvalue weighted by molar-refractivity contribution is -0.124. The Morgan fingerprint density at radius 3 is 2.77 bits per heavy atom. The first-order valence-corrected chi connectivity index (χ1v) is 10.2. The van der Waals surface area contributed by atoms with Crippen LogP contribution in [0.2, 0.25) is 0 Å². The molecule has 7 heteroatoms. The molecule has 0 spiro atoms. The van der Waals surface area contributed by atoms with Gasteiger partial charge in [0.1, 0.15) is 17.4 Å². The Balaban J connectivity index is 1.62. The third kappa shape index (κ3) is 2.88. The standard InChI is InChI=1S/C23H23FN4O2/c1-13-5-6-15-17(11-13)26-20(19-16(24)3-2-4-18(19)29)27-21(15)28-10-7-14(12-28)23(8-9-23)22(25)30/h2-6,11,14,29H,7-10,12H2,1H3,(H2,25,30)/t14-/m0/s1. The van der Waals surface area contributed by atoms with Crippen LogP contribution in [-0.2, 0) is 4.79 Å². The molecule has 1 aliphatic carbocycles. The van der Waals surface area contributed by atoms with Crippen LogP contribution in [0.4, 0.5) is 10.2 Å². The van der Waals surface area contributed by atoms with Gasteiger partial charge >= 0.3 is 0 Å². The first kappa shape index (κ1) is 18.8. The molecule has 1 saturated heterocycles. The second-order valence-corrected chi connectivity index (χ2v) is 8.48. The maximum absolute atomic E-state index is 14.5. The second-order valence-electron chi connectivity index (χ2n) is 8.48. The summed E-state index contributed by atoms with van der Waals surface area (Å²) in [5.74, 6) is 0.0553. The van der Waals surface area contributed by atoms with Crippen LogP contribution in [0.3, 0.4) is 0 Å². The van der Waals surface area contributed by atoms with E-state index in [4.69, 9.17) is 5.73 Å². The molecule has 30 heavy (non-hydrogen) atoms. The number of hydrogen-bond acceptors (Lipinski definition) is 5. The third-order valence-corrected chi connectivity index (χ3v) is 6.60. The van der Waals surface area contributed by atoms with Crippen LogP contribution in [0, 0.1) is 24.1 Å². The van der Waals surface area contributed by atoms with E-state index in [2.05, 4.69) is 14.9 Å². The summed E-state index contributed by atoms with van der Waals surface area (Å²) in [6, 6.07) is 10.1. The number of phenolic OH excluding ortho intramolecular Hbond substituents is 1. The summed E-state index contributed by atoms with van der Waals surface area (Å²) in [6.07, 6.45) is 2.55. The molecule has 2 aliphatic rings. The highest BCUT2D eigenvalue weighted by Crippen LogP contribution is 2.55. The van der Waals surface area contributed by atoms with Gasteiger partial charge in [-0.2, -0.15) is 0 Å². The zero-order valence-electron chi connectivity index (χ0n) is 16.7. The van der Waals surface area contributed by atoms with Crippen molar-refractivity contribution in [3.05, 3.63) is 47.8 Å². The van der Waals surface area contributed by atoms with Crippen molar-refractivity contribution in [3.8, 4) is 17.1 Å². The average molecular weight is 406 g/mol. The number of hydrogen-bond donors (Lipinski definition) is 2. The molecule has 3 N–H and O–H groups in total. The first-order valence-electron chi connectivity index (χ1n) is 10.2. The van der Waals surface area contributed by atoms with Gasteiger partial charge in [0.15, 0.2) is 5.82 Å². The monoisotopic (exact) mass is 406 g/mol. The number of halogens is 1. The Morgan fingerprint density at radius 1 is 1.27 bits per heavy atom. The number of fused-ring (bicyclic) bond motifs is 1. The maximum Gasteiger partial charge on any atom is 0.223 e. The van der Waals surface area contributed by atoms with Gasteiger partial charge in [0, 0.05) is 18.5 Å². The molecule has 0 bridgehead atoms. The molecule has 154 valence electrons. The predicted octanol–water partition coefficient (Wildman–Crippen LogP) is 3.54. The van der Waals surface area contributed by atoms with Gasteiger partial charge in [-0.15, -0.1) is 0 Å². The van der Waals surface area contributed by atoms with Crippen molar-refractivity contribution in [3.63, 3.8) is 0 Å². The molecule has 1 aromatic heterocycles. The zero-order valence-corrected chi connectivity index (χ0v) is 16.7. The molecule has 1 saturated carbocycles. The molecular weight excluding hydrogens is 383 g/mol. The molecular formula is C23H23FN4O2. The molecule has 3 aromatic rings. The van der Waals surface area contributed by atoms with Crippen molar-refractivity contribution >= 4 is 22.6 Å². The number of carbonyl (C=O) groups excluding carboxylic acids is 1. The number of aromatic nitrogens is 2. The Kier molecular flexibility index (Phi) is 4.17. The molecule has 1 atom stereocenters. The molecule has 0 radical (unpaired) electrons. The lowest BCUT2D eigenvalue weighted by Crippen LogP contribution is -2.33. The van der Waals surface area contributed by atoms with Gasteiger partial charge in [-0.25, -0.2) is 14.4 Å². The number of nitrogens with two attached hydrogens (primary N) is 1. The smallest absolute Gasteiger partial charge is 0.223 e. The Hall–Kier alpha value is -3.22. The fourth-order valence-corrected chi connectivity index (χ4v) is 4.70. The quantitative estimate of drug-likeness (QED) is 0.691. The van der Waals surface area contributed by atoms with Crippen LogP contribution in [0.25, 0.3) is 22.3 Å². The maximum atomic E-state index is 14.5. The number of aromatic hydroxyl groups is 1. The Labute approximate surface area is 173 Å². The van der Waals surface area contributed by atoms with Crippen molar-refractivity contribution < 1.29 is 14.3 Å². The topological polar surface area (TPSA) is 92.3 Å². The molecule has 1 amide bonds. The van der Waals surface area contributed by atoms with Crippen LogP contribution in [0.15, 0.2) is 36.4 Å². The van der Waals surface area contributed by atoms with Gasteiger partial charge in [-0.05, 0) is 61.9 Å². The fourth-order valence-electron chi connectivity index (χ4n) is 4.70. The zero-order chi connectivity index (χ0) is 21.0. The second kappa shape index (κ2) is 6.65. The van der Waals surface area contributed by atoms with E-state index in [9.17, 15) is 14.3 Å². The lowest BCUT2D eigenvalue weighted by atomic mass is 9.88. The average Bonchev–Trinajstić information content (AvgIpc) is 3.38. The number of aryl methyl sites for hydroxylation is 1. The van der Waals surface area contributed by atoms with Gasteiger partial charge in [0.2, 0.25) is 5.91 Å². The summed E-state index contributed by atoms with van der Waals surface area (Å²) in [4.78, 5) is 23.4. The van der Waals surface area contributed by atoms with Crippen LogP contribution < -0.4 is 10.6 Å². The number of phenols is 1. The van der Waals surface area contributed by atoms with Crippen molar-refractivity contribution in [2.75, 3.05) is 18.0 Å². The van der Waals surface area contributed by atoms with Crippen LogP contribution in [0.1, 0.15) is 24.8 Å². The number of primary amides is 1. The molecule has 0 unspecified atom stereocenters. The van der Waals surface area contributed by atoms with E-state index in [1.165, 1.54) is 18.2 Å². The van der Waals surface area contributed by atoms with Crippen molar-refractivity contribution in [2.24, 2.45) is 17.1 Å². The summed E-state index contributed by atoms with van der Waals surface area (Å²) in [5, 5.41) is 11.1. The molecule has 2 aromatic carbocycles. The van der Waals surface area contributed by atoms with E-state index in [0.29, 0.717) is 17.9 Å². The van der Waals surface area contributed by atoms with Gasteiger partial charge in [0.05, 0.1) is 16.5 Å². The van der Waals surface area contributed by atoms with E-state index < -0.39 is 5.82 Å². The minimum atomic E-state index is -0.571. The van der Waals surface area contributed by atoms with Crippen LogP contribution in [0.5, 0.6) is 5.75 Å². The normalized spacial score (nSPS) is 19.9. The number of carbonyl (C=O) groups is 1. The summed E-state index contributed by atoms with van der Waals surface area (Å²) < 4.78 is 14.5. The fraction of sp³-hybridized carbons (Fsp3) is 0.348. The van der Waals surface area contributed by atoms with Crippen molar-refractivity contribution in [2.45, 2.75) is 26.2 Å². The predicted molar refractivity (Wildman–Crippen MR) is 113 cm³/mol. The summed E-state index contributed by atoms with van der Waals surface area (Å²) in [5.41, 5.74) is 7.01. The van der Waals surface area contributed by atoms with Crippen LogP contribution in [-0.4, -0.2) is 34.1 Å². The van der Waals surface area contributed by atoms with Gasteiger partial charge in [-0.1, -0.05) is 12.1 Å². The molecule has 6 nitrogen and oxygen atoms in total. The van der Waals surface area contributed by atoms with Crippen molar-refractivity contribution in [1.29, 1.82) is 0 Å².